The maximum Gasteiger partial charge on any atom is 0.269 e. The van der Waals surface area contributed by atoms with Gasteiger partial charge in [0.15, 0.2) is 0 Å². The number of hydrogen-bond donors (Lipinski definition) is 2. The predicted octanol–water partition coefficient (Wildman–Crippen LogP) is 2.27. The second-order valence-corrected chi connectivity index (χ2v) is 7.36. The lowest BCUT2D eigenvalue weighted by Gasteiger charge is -2.34. The summed E-state index contributed by atoms with van der Waals surface area (Å²) in [5.74, 6) is 0.722. The molecule has 0 aliphatic carbocycles. The van der Waals surface area contributed by atoms with Crippen molar-refractivity contribution in [1.29, 1.82) is 0 Å². The molecule has 1 fully saturated rings. The van der Waals surface area contributed by atoms with E-state index in [0.717, 1.165) is 31.9 Å². The Morgan fingerprint density at radius 2 is 1.62 bits per heavy atom. The van der Waals surface area contributed by atoms with Crippen LogP contribution in [0.25, 0.3) is 0 Å². The number of likely N-dealkylation sites (tertiary alicyclic amines) is 1. The van der Waals surface area contributed by atoms with Crippen molar-refractivity contribution in [1.82, 2.24) is 15.8 Å². The molecule has 1 aliphatic rings. The van der Waals surface area contributed by atoms with Crippen molar-refractivity contribution in [2.24, 2.45) is 11.8 Å². The molecular weight excluding hydrogens is 328 g/mol. The largest absolute Gasteiger partial charge is 0.372 e. The van der Waals surface area contributed by atoms with Gasteiger partial charge >= 0.3 is 0 Å². The molecule has 2 atom stereocenters. The molecule has 2 amide bonds. The van der Waals surface area contributed by atoms with E-state index in [-0.39, 0.29) is 11.8 Å². The smallest absolute Gasteiger partial charge is 0.269 e. The van der Waals surface area contributed by atoms with Gasteiger partial charge in [-0.2, -0.15) is 0 Å². The number of benzene rings is 1. The second kappa shape index (κ2) is 9.57. The SMILES string of the molecule is CCN(CC)c1ccc(C(=O)NNC(=O)CN2C[C@@H](C)C[C@H](C)C2)cc1. The molecule has 0 spiro atoms. The van der Waals surface area contributed by atoms with Gasteiger partial charge in [-0.1, -0.05) is 13.8 Å². The van der Waals surface area contributed by atoms with E-state index in [2.05, 4.69) is 48.3 Å². The molecule has 2 rings (SSSR count). The van der Waals surface area contributed by atoms with Crippen molar-refractivity contribution in [2.45, 2.75) is 34.1 Å². The number of anilines is 1. The molecule has 1 aromatic carbocycles. The highest BCUT2D eigenvalue weighted by molar-refractivity contribution is 5.95. The van der Waals surface area contributed by atoms with E-state index in [1.807, 2.05) is 12.1 Å². The third kappa shape index (κ3) is 5.73. The number of hydrazine groups is 1. The third-order valence-electron chi connectivity index (χ3n) is 4.89. The lowest BCUT2D eigenvalue weighted by atomic mass is 9.92. The van der Waals surface area contributed by atoms with Crippen LogP contribution in [-0.4, -0.2) is 49.4 Å². The fourth-order valence-corrected chi connectivity index (χ4v) is 3.77. The lowest BCUT2D eigenvalue weighted by Crippen LogP contribution is -2.49. The van der Waals surface area contributed by atoms with E-state index in [9.17, 15) is 9.59 Å². The van der Waals surface area contributed by atoms with E-state index < -0.39 is 0 Å². The molecule has 0 bridgehead atoms. The molecule has 1 saturated heterocycles. The number of nitrogens with zero attached hydrogens (tertiary/aromatic N) is 2. The number of rotatable bonds is 6. The molecule has 1 aliphatic heterocycles. The van der Waals surface area contributed by atoms with Crippen LogP contribution in [-0.2, 0) is 4.79 Å². The Balaban J connectivity index is 1.81. The Morgan fingerprint density at radius 1 is 1.04 bits per heavy atom. The van der Waals surface area contributed by atoms with E-state index in [1.54, 1.807) is 12.1 Å². The minimum Gasteiger partial charge on any atom is -0.372 e. The van der Waals surface area contributed by atoms with Crippen LogP contribution in [0.15, 0.2) is 24.3 Å². The van der Waals surface area contributed by atoms with Gasteiger partial charge in [-0.05, 0) is 56.4 Å². The monoisotopic (exact) mass is 360 g/mol. The first kappa shape index (κ1) is 20.2. The molecule has 6 nitrogen and oxygen atoms in total. The normalized spacial score (nSPS) is 20.5. The number of amides is 2. The molecule has 0 saturated carbocycles. The average Bonchev–Trinajstić information content (AvgIpc) is 2.60. The van der Waals surface area contributed by atoms with Crippen molar-refractivity contribution in [3.63, 3.8) is 0 Å². The summed E-state index contributed by atoms with van der Waals surface area (Å²) in [6.45, 7) is 12.6. The topological polar surface area (TPSA) is 64.7 Å². The van der Waals surface area contributed by atoms with Gasteiger partial charge in [-0.15, -0.1) is 0 Å². The Kier molecular flexibility index (Phi) is 7.45. The van der Waals surface area contributed by atoms with Gasteiger partial charge in [0.25, 0.3) is 11.8 Å². The Hall–Kier alpha value is -2.08. The van der Waals surface area contributed by atoms with Crippen LogP contribution in [0.3, 0.4) is 0 Å². The van der Waals surface area contributed by atoms with Crippen molar-refractivity contribution < 1.29 is 9.59 Å². The molecular formula is C20H32N4O2. The summed E-state index contributed by atoms with van der Waals surface area (Å²) >= 11 is 0. The van der Waals surface area contributed by atoms with Gasteiger partial charge in [0, 0.05) is 37.4 Å². The molecule has 0 aromatic heterocycles. The van der Waals surface area contributed by atoms with Crippen molar-refractivity contribution in [3.05, 3.63) is 29.8 Å². The highest BCUT2D eigenvalue weighted by Crippen LogP contribution is 2.20. The van der Waals surface area contributed by atoms with E-state index in [0.29, 0.717) is 23.9 Å². The summed E-state index contributed by atoms with van der Waals surface area (Å²) in [6, 6.07) is 7.42. The summed E-state index contributed by atoms with van der Waals surface area (Å²) in [4.78, 5) is 28.7. The maximum absolute atomic E-state index is 12.2. The van der Waals surface area contributed by atoms with Gasteiger partial charge in [0.2, 0.25) is 0 Å². The van der Waals surface area contributed by atoms with Crippen LogP contribution in [0.2, 0.25) is 0 Å². The fourth-order valence-electron chi connectivity index (χ4n) is 3.77. The zero-order valence-corrected chi connectivity index (χ0v) is 16.4. The zero-order chi connectivity index (χ0) is 19.1. The highest BCUT2D eigenvalue weighted by Gasteiger charge is 2.23. The van der Waals surface area contributed by atoms with E-state index in [4.69, 9.17) is 0 Å². The van der Waals surface area contributed by atoms with E-state index in [1.165, 1.54) is 6.42 Å². The number of carbonyl (C=O) groups excluding carboxylic acids is 2. The van der Waals surface area contributed by atoms with Crippen molar-refractivity contribution >= 4 is 17.5 Å². The molecule has 0 unspecified atom stereocenters. The predicted molar refractivity (Wildman–Crippen MR) is 105 cm³/mol. The second-order valence-electron chi connectivity index (χ2n) is 7.36. The first-order valence-electron chi connectivity index (χ1n) is 9.59. The summed E-state index contributed by atoms with van der Waals surface area (Å²) in [6.07, 6.45) is 1.21. The summed E-state index contributed by atoms with van der Waals surface area (Å²) in [5.41, 5.74) is 6.65. The molecule has 26 heavy (non-hydrogen) atoms. The number of hydrogen-bond acceptors (Lipinski definition) is 4. The van der Waals surface area contributed by atoms with Gasteiger partial charge in [0.1, 0.15) is 0 Å². The standard InChI is InChI=1S/C20H32N4O2/c1-5-24(6-2)18-9-7-17(8-10-18)20(26)22-21-19(25)14-23-12-15(3)11-16(4)13-23/h7-10,15-16H,5-6,11-14H2,1-4H3,(H,21,25)(H,22,26)/t15-,16-/m0/s1. The van der Waals surface area contributed by atoms with Crippen LogP contribution in [0.1, 0.15) is 44.5 Å². The Bertz CT molecular complexity index is 588. The number of carbonyl (C=O) groups is 2. The summed E-state index contributed by atoms with van der Waals surface area (Å²) < 4.78 is 0. The average molecular weight is 361 g/mol. The van der Waals surface area contributed by atoms with Crippen LogP contribution >= 0.6 is 0 Å². The van der Waals surface area contributed by atoms with Gasteiger partial charge in [0.05, 0.1) is 6.54 Å². The van der Waals surface area contributed by atoms with Crippen molar-refractivity contribution in [2.75, 3.05) is 37.6 Å². The Labute approximate surface area is 156 Å². The third-order valence-corrected chi connectivity index (χ3v) is 4.89. The van der Waals surface area contributed by atoms with Crippen LogP contribution in [0.4, 0.5) is 5.69 Å². The highest BCUT2D eigenvalue weighted by atomic mass is 16.2. The molecule has 1 aromatic rings. The fraction of sp³-hybridized carbons (Fsp3) is 0.600. The lowest BCUT2D eigenvalue weighted by molar-refractivity contribution is -0.123. The van der Waals surface area contributed by atoms with Crippen LogP contribution in [0.5, 0.6) is 0 Å². The molecule has 1 heterocycles. The van der Waals surface area contributed by atoms with Crippen LogP contribution < -0.4 is 15.8 Å². The number of piperidine rings is 1. The van der Waals surface area contributed by atoms with E-state index >= 15 is 0 Å². The summed E-state index contributed by atoms with van der Waals surface area (Å²) in [7, 11) is 0. The molecule has 0 radical (unpaired) electrons. The number of nitrogens with one attached hydrogen (secondary N) is 2. The first-order valence-corrected chi connectivity index (χ1v) is 9.59. The van der Waals surface area contributed by atoms with Gasteiger partial charge in [-0.25, -0.2) is 0 Å². The molecule has 144 valence electrons. The maximum atomic E-state index is 12.2. The minimum absolute atomic E-state index is 0.181. The Morgan fingerprint density at radius 3 is 2.15 bits per heavy atom. The summed E-state index contributed by atoms with van der Waals surface area (Å²) in [5, 5.41) is 0. The molecule has 6 heteroatoms. The quantitative estimate of drug-likeness (QED) is 0.764. The van der Waals surface area contributed by atoms with Gasteiger partial charge in [-0.3, -0.25) is 25.3 Å². The van der Waals surface area contributed by atoms with Crippen molar-refractivity contribution in [3.8, 4) is 0 Å². The van der Waals surface area contributed by atoms with Crippen LogP contribution in [0, 0.1) is 11.8 Å². The first-order chi connectivity index (χ1) is 12.4. The molecule has 2 N–H and O–H groups in total. The van der Waals surface area contributed by atoms with Gasteiger partial charge < -0.3 is 4.90 Å². The zero-order valence-electron chi connectivity index (χ0n) is 16.4. The minimum atomic E-state index is -0.301.